The van der Waals surface area contributed by atoms with Crippen LogP contribution in [0.25, 0.3) is 0 Å². The minimum atomic E-state index is 0.234. The second-order valence-corrected chi connectivity index (χ2v) is 6.98. The van der Waals surface area contributed by atoms with Gasteiger partial charge in [0.25, 0.3) is 0 Å². The molecule has 0 atom stereocenters. The number of likely N-dealkylation sites (tertiary alicyclic amines) is 1. The van der Waals surface area contributed by atoms with Crippen LogP contribution in [0.15, 0.2) is 30.6 Å². The quantitative estimate of drug-likeness (QED) is 0.809. The van der Waals surface area contributed by atoms with Crippen molar-refractivity contribution >= 4 is 0 Å². The van der Waals surface area contributed by atoms with Crippen molar-refractivity contribution in [3.63, 3.8) is 0 Å². The summed E-state index contributed by atoms with van der Waals surface area (Å²) >= 11 is 0. The van der Waals surface area contributed by atoms with Crippen LogP contribution in [-0.2, 0) is 13.1 Å². The van der Waals surface area contributed by atoms with Gasteiger partial charge < -0.3 is 4.74 Å². The standard InChI is InChI=1S/C19H25N5O/c1-15(2)12-24-19(21-14-22-24)13-23-9-7-18(8-10-23)25-17-5-3-16(11-20)4-6-17/h3-6,14-15,18H,7-10,12-13H2,1-2H3. The number of ether oxygens (including phenoxy) is 1. The Morgan fingerprint density at radius 3 is 2.60 bits per heavy atom. The van der Waals surface area contributed by atoms with E-state index >= 15 is 0 Å². The van der Waals surface area contributed by atoms with Crippen LogP contribution in [0.4, 0.5) is 0 Å². The predicted octanol–water partition coefficient (Wildman–Crippen LogP) is 2.85. The summed E-state index contributed by atoms with van der Waals surface area (Å²) in [6.07, 6.45) is 3.88. The van der Waals surface area contributed by atoms with Crippen LogP contribution in [0.2, 0.25) is 0 Å². The number of benzene rings is 1. The first-order valence-corrected chi connectivity index (χ1v) is 8.90. The molecular formula is C19H25N5O. The molecule has 132 valence electrons. The summed E-state index contributed by atoms with van der Waals surface area (Å²) in [5.74, 6) is 2.45. The molecule has 2 aromatic rings. The van der Waals surface area contributed by atoms with Crippen LogP contribution in [-0.4, -0.2) is 38.9 Å². The third kappa shape index (κ3) is 4.80. The molecule has 0 N–H and O–H groups in total. The zero-order chi connectivity index (χ0) is 17.6. The van der Waals surface area contributed by atoms with Gasteiger partial charge in [0, 0.05) is 19.6 Å². The molecule has 6 heteroatoms. The van der Waals surface area contributed by atoms with Gasteiger partial charge in [-0.2, -0.15) is 10.4 Å². The summed E-state index contributed by atoms with van der Waals surface area (Å²) < 4.78 is 8.06. The number of hydrogen-bond acceptors (Lipinski definition) is 5. The van der Waals surface area contributed by atoms with E-state index in [9.17, 15) is 0 Å². The van der Waals surface area contributed by atoms with Gasteiger partial charge in [-0.1, -0.05) is 13.8 Å². The second-order valence-electron chi connectivity index (χ2n) is 6.98. The second kappa shape index (κ2) is 8.13. The fourth-order valence-electron chi connectivity index (χ4n) is 3.09. The highest BCUT2D eigenvalue weighted by Crippen LogP contribution is 2.20. The molecule has 0 unspecified atom stereocenters. The Bertz CT molecular complexity index is 708. The summed E-state index contributed by atoms with van der Waals surface area (Å²) in [7, 11) is 0. The molecule has 0 aliphatic carbocycles. The van der Waals surface area contributed by atoms with Crippen LogP contribution in [0.3, 0.4) is 0 Å². The summed E-state index contributed by atoms with van der Waals surface area (Å²) in [6.45, 7) is 8.13. The van der Waals surface area contributed by atoms with E-state index in [0.29, 0.717) is 11.5 Å². The molecule has 0 saturated carbocycles. The van der Waals surface area contributed by atoms with E-state index in [-0.39, 0.29) is 6.10 Å². The third-order valence-corrected chi connectivity index (χ3v) is 4.42. The molecule has 0 bridgehead atoms. The van der Waals surface area contributed by atoms with Crippen molar-refractivity contribution in [3.8, 4) is 11.8 Å². The van der Waals surface area contributed by atoms with E-state index in [1.54, 1.807) is 18.5 Å². The number of nitriles is 1. The molecule has 0 amide bonds. The van der Waals surface area contributed by atoms with Crippen molar-refractivity contribution in [1.29, 1.82) is 5.26 Å². The summed E-state index contributed by atoms with van der Waals surface area (Å²) in [6, 6.07) is 9.47. The number of nitrogens with zero attached hydrogens (tertiary/aromatic N) is 5. The van der Waals surface area contributed by atoms with Gasteiger partial charge in [0.1, 0.15) is 24.0 Å². The smallest absolute Gasteiger partial charge is 0.141 e. The summed E-state index contributed by atoms with van der Waals surface area (Å²) in [5.41, 5.74) is 0.660. The molecule has 6 nitrogen and oxygen atoms in total. The minimum Gasteiger partial charge on any atom is -0.490 e. The van der Waals surface area contributed by atoms with Crippen LogP contribution in [0, 0.1) is 17.2 Å². The maximum absolute atomic E-state index is 8.84. The van der Waals surface area contributed by atoms with Gasteiger partial charge in [0.15, 0.2) is 0 Å². The third-order valence-electron chi connectivity index (χ3n) is 4.42. The number of rotatable bonds is 6. The van der Waals surface area contributed by atoms with Crippen LogP contribution >= 0.6 is 0 Å². The van der Waals surface area contributed by atoms with Gasteiger partial charge in [-0.25, -0.2) is 9.67 Å². The van der Waals surface area contributed by atoms with Crippen molar-refractivity contribution in [2.24, 2.45) is 5.92 Å². The Kier molecular flexibility index (Phi) is 5.67. The lowest BCUT2D eigenvalue weighted by atomic mass is 10.1. The van der Waals surface area contributed by atoms with Gasteiger partial charge in [-0.15, -0.1) is 0 Å². The van der Waals surface area contributed by atoms with E-state index < -0.39 is 0 Å². The van der Waals surface area contributed by atoms with Crippen LogP contribution in [0.5, 0.6) is 5.75 Å². The van der Waals surface area contributed by atoms with Crippen molar-refractivity contribution in [2.45, 2.75) is 45.9 Å². The van der Waals surface area contributed by atoms with E-state index in [4.69, 9.17) is 10.00 Å². The predicted molar refractivity (Wildman–Crippen MR) is 94.9 cm³/mol. The summed E-state index contributed by atoms with van der Waals surface area (Å²) in [4.78, 5) is 6.84. The van der Waals surface area contributed by atoms with E-state index in [1.165, 1.54) is 0 Å². The highest BCUT2D eigenvalue weighted by Gasteiger charge is 2.22. The minimum absolute atomic E-state index is 0.234. The molecule has 3 rings (SSSR count). The Morgan fingerprint density at radius 2 is 1.96 bits per heavy atom. The first-order chi connectivity index (χ1) is 12.1. The van der Waals surface area contributed by atoms with Gasteiger partial charge in [0.05, 0.1) is 18.2 Å². The largest absolute Gasteiger partial charge is 0.490 e. The topological polar surface area (TPSA) is 67.0 Å². The van der Waals surface area contributed by atoms with Gasteiger partial charge in [0.2, 0.25) is 0 Å². The SMILES string of the molecule is CC(C)Cn1ncnc1CN1CCC(Oc2ccc(C#N)cc2)CC1. The molecule has 1 aromatic carbocycles. The Balaban J connectivity index is 1.48. The van der Waals surface area contributed by atoms with Gasteiger partial charge in [-0.3, -0.25) is 4.90 Å². The molecule has 1 aliphatic heterocycles. The zero-order valence-electron chi connectivity index (χ0n) is 14.9. The molecular weight excluding hydrogens is 314 g/mol. The molecule has 2 heterocycles. The molecule has 1 saturated heterocycles. The number of hydrogen-bond donors (Lipinski definition) is 0. The molecule has 1 aromatic heterocycles. The van der Waals surface area contributed by atoms with E-state index in [0.717, 1.165) is 50.6 Å². The maximum Gasteiger partial charge on any atom is 0.141 e. The lowest BCUT2D eigenvalue weighted by Gasteiger charge is -2.31. The maximum atomic E-state index is 8.84. The highest BCUT2D eigenvalue weighted by atomic mass is 16.5. The fourth-order valence-corrected chi connectivity index (χ4v) is 3.09. The van der Waals surface area contributed by atoms with Gasteiger partial charge in [-0.05, 0) is 43.0 Å². The van der Waals surface area contributed by atoms with Crippen LogP contribution < -0.4 is 4.74 Å². The Labute approximate surface area is 149 Å². The summed E-state index contributed by atoms with van der Waals surface area (Å²) in [5, 5.41) is 13.2. The molecule has 1 aliphatic rings. The monoisotopic (exact) mass is 339 g/mol. The molecule has 25 heavy (non-hydrogen) atoms. The van der Waals surface area contributed by atoms with E-state index in [1.807, 2.05) is 16.8 Å². The zero-order valence-corrected chi connectivity index (χ0v) is 14.9. The fraction of sp³-hybridized carbons (Fsp3) is 0.526. The van der Waals surface area contributed by atoms with Crippen molar-refractivity contribution in [1.82, 2.24) is 19.7 Å². The number of piperidine rings is 1. The lowest BCUT2D eigenvalue weighted by Crippen LogP contribution is -2.38. The average molecular weight is 339 g/mol. The van der Waals surface area contributed by atoms with Crippen molar-refractivity contribution < 1.29 is 4.74 Å². The van der Waals surface area contributed by atoms with E-state index in [2.05, 4.69) is 34.9 Å². The molecule has 1 fully saturated rings. The number of aromatic nitrogens is 3. The van der Waals surface area contributed by atoms with Crippen LogP contribution in [0.1, 0.15) is 38.1 Å². The molecule has 0 radical (unpaired) electrons. The lowest BCUT2D eigenvalue weighted by molar-refractivity contribution is 0.0943. The highest BCUT2D eigenvalue weighted by molar-refractivity contribution is 5.34. The van der Waals surface area contributed by atoms with Gasteiger partial charge >= 0.3 is 0 Å². The normalized spacial score (nSPS) is 16.1. The van der Waals surface area contributed by atoms with Crippen molar-refractivity contribution in [2.75, 3.05) is 13.1 Å². The van der Waals surface area contributed by atoms with Crippen molar-refractivity contribution in [3.05, 3.63) is 42.0 Å². The Hall–Kier alpha value is -2.39. The molecule has 0 spiro atoms. The first-order valence-electron chi connectivity index (χ1n) is 8.90. The Morgan fingerprint density at radius 1 is 1.24 bits per heavy atom. The first kappa shape index (κ1) is 17.4. The average Bonchev–Trinajstić information content (AvgIpc) is 3.03.